The fourth-order valence-corrected chi connectivity index (χ4v) is 4.47. The van der Waals surface area contributed by atoms with Gasteiger partial charge in [-0.05, 0) is 55.5 Å². The van der Waals surface area contributed by atoms with Gasteiger partial charge in [-0.2, -0.15) is 0 Å². The zero-order valence-electron chi connectivity index (χ0n) is 19.9. The minimum atomic E-state index is -0.929. The molecule has 5 rings (SSSR count). The minimum Gasteiger partial charge on any atom is -0.449 e. The highest BCUT2D eigenvalue weighted by Gasteiger charge is 2.28. The van der Waals surface area contributed by atoms with E-state index in [1.54, 1.807) is 42.2 Å². The van der Waals surface area contributed by atoms with E-state index in [1.807, 2.05) is 30.3 Å². The van der Waals surface area contributed by atoms with E-state index < -0.39 is 12.1 Å². The molecular formula is C29H26FN3O3. The summed E-state index contributed by atoms with van der Waals surface area (Å²) in [7, 11) is 0. The van der Waals surface area contributed by atoms with E-state index in [4.69, 9.17) is 4.74 Å². The third-order valence-electron chi connectivity index (χ3n) is 6.42. The number of fused-ring (bicyclic) bond motifs is 1. The number of carbonyl (C=O) groups excluding carboxylic acids is 2. The number of benzene rings is 3. The van der Waals surface area contributed by atoms with Gasteiger partial charge < -0.3 is 14.5 Å². The standard InChI is InChI=1S/C29H26FN3O3/c1-20(28(34)33-17-15-32(16-18-33)23-7-3-2-4-8-23)36-29(35)25-19-27(21-11-13-22(30)14-12-21)31-26-10-6-5-9-24(25)26/h2-14,19-20H,15-18H2,1H3. The number of amides is 1. The van der Waals surface area contributed by atoms with Gasteiger partial charge in [0.1, 0.15) is 5.82 Å². The number of hydrogen-bond donors (Lipinski definition) is 0. The Morgan fingerprint density at radius 1 is 0.889 bits per heavy atom. The zero-order valence-corrected chi connectivity index (χ0v) is 19.9. The maximum absolute atomic E-state index is 13.4. The van der Waals surface area contributed by atoms with Crippen LogP contribution in [0.5, 0.6) is 0 Å². The van der Waals surface area contributed by atoms with Crippen LogP contribution >= 0.6 is 0 Å². The molecule has 7 heteroatoms. The number of aromatic nitrogens is 1. The zero-order chi connectivity index (χ0) is 25.1. The molecule has 6 nitrogen and oxygen atoms in total. The van der Waals surface area contributed by atoms with Crippen molar-refractivity contribution >= 4 is 28.5 Å². The van der Waals surface area contributed by atoms with Gasteiger partial charge in [-0.15, -0.1) is 0 Å². The van der Waals surface area contributed by atoms with E-state index in [1.165, 1.54) is 12.1 Å². The number of nitrogens with zero attached hydrogens (tertiary/aromatic N) is 3. The molecule has 2 heterocycles. The highest BCUT2D eigenvalue weighted by atomic mass is 19.1. The number of hydrogen-bond acceptors (Lipinski definition) is 5. The molecule has 1 aromatic heterocycles. The summed E-state index contributed by atoms with van der Waals surface area (Å²) < 4.78 is 19.1. The lowest BCUT2D eigenvalue weighted by atomic mass is 10.0. The second-order valence-corrected chi connectivity index (χ2v) is 8.77. The molecule has 0 saturated carbocycles. The van der Waals surface area contributed by atoms with Crippen molar-refractivity contribution < 1.29 is 18.7 Å². The lowest BCUT2D eigenvalue weighted by Crippen LogP contribution is -2.51. The maximum atomic E-state index is 13.4. The Morgan fingerprint density at radius 3 is 2.28 bits per heavy atom. The highest BCUT2D eigenvalue weighted by molar-refractivity contribution is 6.05. The van der Waals surface area contributed by atoms with Gasteiger partial charge in [-0.3, -0.25) is 4.79 Å². The minimum absolute atomic E-state index is 0.215. The van der Waals surface area contributed by atoms with Crippen molar-refractivity contribution in [1.82, 2.24) is 9.88 Å². The molecule has 1 aliphatic rings. The molecule has 0 N–H and O–H groups in total. The van der Waals surface area contributed by atoms with Gasteiger partial charge in [-0.25, -0.2) is 14.2 Å². The van der Waals surface area contributed by atoms with Crippen LogP contribution in [0.15, 0.2) is 84.9 Å². The number of esters is 1. The van der Waals surface area contributed by atoms with Gasteiger partial charge in [-0.1, -0.05) is 36.4 Å². The van der Waals surface area contributed by atoms with E-state index in [2.05, 4.69) is 22.0 Å². The summed E-state index contributed by atoms with van der Waals surface area (Å²) in [5.41, 5.74) is 3.26. The van der Waals surface area contributed by atoms with Crippen molar-refractivity contribution in [2.75, 3.05) is 31.1 Å². The van der Waals surface area contributed by atoms with Crippen molar-refractivity contribution in [2.24, 2.45) is 0 Å². The largest absolute Gasteiger partial charge is 0.449 e. The van der Waals surface area contributed by atoms with E-state index in [0.717, 1.165) is 5.69 Å². The molecule has 0 radical (unpaired) electrons. The summed E-state index contributed by atoms with van der Waals surface area (Å²) in [6.07, 6.45) is -0.929. The first-order valence-corrected chi connectivity index (χ1v) is 11.9. The normalized spacial score (nSPS) is 14.5. The molecule has 0 aliphatic carbocycles. The molecule has 1 unspecified atom stereocenters. The smallest absolute Gasteiger partial charge is 0.339 e. The Bertz CT molecular complexity index is 1380. The van der Waals surface area contributed by atoms with Gasteiger partial charge in [0.05, 0.1) is 16.8 Å². The van der Waals surface area contributed by atoms with Gasteiger partial charge >= 0.3 is 5.97 Å². The SMILES string of the molecule is CC(OC(=O)c1cc(-c2ccc(F)cc2)nc2ccccc12)C(=O)N1CCN(c2ccccc2)CC1. The lowest BCUT2D eigenvalue weighted by Gasteiger charge is -2.37. The molecule has 1 saturated heterocycles. The van der Waals surface area contributed by atoms with Crippen molar-refractivity contribution in [3.63, 3.8) is 0 Å². The van der Waals surface area contributed by atoms with Crippen LogP contribution in [0.1, 0.15) is 17.3 Å². The predicted molar refractivity (Wildman–Crippen MR) is 137 cm³/mol. The van der Waals surface area contributed by atoms with Gasteiger partial charge in [0.25, 0.3) is 5.91 Å². The van der Waals surface area contributed by atoms with E-state index in [0.29, 0.717) is 53.9 Å². The fraction of sp³-hybridized carbons (Fsp3) is 0.207. The number of ether oxygens (including phenoxy) is 1. The van der Waals surface area contributed by atoms with Crippen LogP contribution in [-0.4, -0.2) is 54.0 Å². The first kappa shape index (κ1) is 23.5. The summed E-state index contributed by atoms with van der Waals surface area (Å²) in [6, 6.07) is 24.9. The van der Waals surface area contributed by atoms with Crippen molar-refractivity contribution in [3.05, 3.63) is 96.3 Å². The first-order valence-electron chi connectivity index (χ1n) is 11.9. The summed E-state index contributed by atoms with van der Waals surface area (Å²) in [6.45, 7) is 4.15. The molecule has 182 valence electrons. The monoisotopic (exact) mass is 483 g/mol. The van der Waals surface area contributed by atoms with Crippen LogP contribution < -0.4 is 4.90 Å². The fourth-order valence-electron chi connectivity index (χ4n) is 4.47. The molecule has 0 spiro atoms. The summed E-state index contributed by atoms with van der Waals surface area (Å²) in [4.78, 5) is 34.9. The molecule has 3 aromatic carbocycles. The van der Waals surface area contributed by atoms with Crippen molar-refractivity contribution in [2.45, 2.75) is 13.0 Å². The molecule has 1 fully saturated rings. The van der Waals surface area contributed by atoms with Crippen molar-refractivity contribution in [3.8, 4) is 11.3 Å². The molecular weight excluding hydrogens is 457 g/mol. The molecule has 36 heavy (non-hydrogen) atoms. The summed E-state index contributed by atoms with van der Waals surface area (Å²) in [5, 5.41) is 0.629. The number of halogens is 1. The van der Waals surface area contributed by atoms with Crippen LogP contribution in [-0.2, 0) is 9.53 Å². The molecule has 1 atom stereocenters. The average molecular weight is 484 g/mol. The maximum Gasteiger partial charge on any atom is 0.339 e. The van der Waals surface area contributed by atoms with Crippen LogP contribution in [0.25, 0.3) is 22.2 Å². The summed E-state index contributed by atoms with van der Waals surface area (Å²) >= 11 is 0. The Morgan fingerprint density at radius 2 is 1.56 bits per heavy atom. The third-order valence-corrected chi connectivity index (χ3v) is 6.42. The second kappa shape index (κ2) is 10.2. The number of pyridine rings is 1. The van der Waals surface area contributed by atoms with E-state index in [9.17, 15) is 14.0 Å². The number of para-hydroxylation sites is 2. The topological polar surface area (TPSA) is 62.7 Å². The average Bonchev–Trinajstić information content (AvgIpc) is 2.93. The van der Waals surface area contributed by atoms with E-state index >= 15 is 0 Å². The van der Waals surface area contributed by atoms with Crippen LogP contribution in [0.4, 0.5) is 10.1 Å². The van der Waals surface area contributed by atoms with Crippen LogP contribution in [0.3, 0.4) is 0 Å². The van der Waals surface area contributed by atoms with Gasteiger partial charge in [0.2, 0.25) is 0 Å². The number of anilines is 1. The quantitative estimate of drug-likeness (QED) is 0.377. The highest BCUT2D eigenvalue weighted by Crippen LogP contribution is 2.26. The second-order valence-electron chi connectivity index (χ2n) is 8.77. The number of piperazine rings is 1. The molecule has 1 amide bonds. The number of rotatable bonds is 5. The van der Waals surface area contributed by atoms with Crippen LogP contribution in [0.2, 0.25) is 0 Å². The van der Waals surface area contributed by atoms with Crippen LogP contribution in [0, 0.1) is 5.82 Å². The number of carbonyl (C=O) groups is 2. The first-order chi connectivity index (χ1) is 17.5. The Hall–Kier alpha value is -4.26. The third kappa shape index (κ3) is 4.91. The Balaban J connectivity index is 1.31. The van der Waals surface area contributed by atoms with E-state index in [-0.39, 0.29) is 11.7 Å². The Labute approximate surface area is 208 Å². The molecule has 1 aliphatic heterocycles. The Kier molecular flexibility index (Phi) is 6.62. The predicted octanol–water partition coefficient (Wildman–Crippen LogP) is 4.94. The summed E-state index contributed by atoms with van der Waals surface area (Å²) in [5.74, 6) is -1.16. The molecule has 4 aromatic rings. The van der Waals surface area contributed by atoms with Gasteiger partial charge in [0.15, 0.2) is 6.10 Å². The van der Waals surface area contributed by atoms with Gasteiger partial charge in [0, 0.05) is 42.8 Å². The van der Waals surface area contributed by atoms with Crippen molar-refractivity contribution in [1.29, 1.82) is 0 Å². The lowest BCUT2D eigenvalue weighted by molar-refractivity contribution is -0.140. The molecule has 0 bridgehead atoms.